The Hall–Kier alpha value is -0.860. The van der Waals surface area contributed by atoms with E-state index in [1.807, 2.05) is 0 Å². The van der Waals surface area contributed by atoms with Gasteiger partial charge >= 0.3 is 0 Å². The van der Waals surface area contributed by atoms with E-state index in [9.17, 15) is 0 Å². The molecule has 0 unspecified atom stereocenters. The maximum absolute atomic E-state index is 5.80. The van der Waals surface area contributed by atoms with Gasteiger partial charge in [0.15, 0.2) is 0 Å². The summed E-state index contributed by atoms with van der Waals surface area (Å²) in [5.41, 5.74) is 14.5. The fourth-order valence-electron chi connectivity index (χ4n) is 3.08. The fraction of sp³-hybridized carbons (Fsp3) is 0.647. The van der Waals surface area contributed by atoms with E-state index >= 15 is 0 Å². The molecule has 0 amide bonds. The van der Waals surface area contributed by atoms with Crippen molar-refractivity contribution in [2.45, 2.75) is 69.9 Å². The van der Waals surface area contributed by atoms with Crippen LogP contribution in [0.1, 0.15) is 56.1 Å². The molecule has 19 heavy (non-hydrogen) atoms. The highest BCUT2D eigenvalue weighted by Crippen LogP contribution is 2.19. The van der Waals surface area contributed by atoms with Crippen LogP contribution in [-0.2, 0) is 12.8 Å². The summed E-state index contributed by atoms with van der Waals surface area (Å²) >= 11 is 0. The van der Waals surface area contributed by atoms with Gasteiger partial charge in [-0.25, -0.2) is 0 Å². The Bertz CT molecular complexity index is 342. The molecule has 2 heteroatoms. The van der Waals surface area contributed by atoms with Crippen LogP contribution in [-0.4, -0.2) is 12.1 Å². The van der Waals surface area contributed by atoms with Gasteiger partial charge in [0, 0.05) is 12.1 Å². The van der Waals surface area contributed by atoms with Crippen molar-refractivity contribution < 1.29 is 0 Å². The first-order chi connectivity index (χ1) is 9.25. The Morgan fingerprint density at radius 1 is 0.684 bits per heavy atom. The van der Waals surface area contributed by atoms with Crippen LogP contribution < -0.4 is 11.5 Å². The molecule has 1 aromatic rings. The average Bonchev–Trinajstić information content (AvgIpc) is 2.75. The molecule has 1 fully saturated rings. The Morgan fingerprint density at radius 3 is 1.68 bits per heavy atom. The number of nitrogens with two attached hydrogens (primary N) is 2. The summed E-state index contributed by atoms with van der Waals surface area (Å²) in [6, 6.07) is 9.39. The van der Waals surface area contributed by atoms with Gasteiger partial charge in [-0.05, 0) is 36.8 Å². The van der Waals surface area contributed by atoms with Crippen molar-refractivity contribution in [3.8, 4) is 0 Å². The average molecular weight is 260 g/mol. The van der Waals surface area contributed by atoms with Crippen molar-refractivity contribution in [1.82, 2.24) is 0 Å². The fourth-order valence-corrected chi connectivity index (χ4v) is 3.08. The first kappa shape index (κ1) is 14.5. The lowest BCUT2D eigenvalue weighted by Gasteiger charge is -2.13. The van der Waals surface area contributed by atoms with E-state index in [1.165, 1.54) is 56.1 Å². The molecule has 0 bridgehead atoms. The molecule has 3 rings (SSSR count). The van der Waals surface area contributed by atoms with E-state index in [1.54, 1.807) is 0 Å². The lowest BCUT2D eigenvalue weighted by Crippen LogP contribution is -2.20. The van der Waals surface area contributed by atoms with Crippen molar-refractivity contribution in [2.24, 2.45) is 11.5 Å². The molecular weight excluding hydrogens is 232 g/mol. The quantitative estimate of drug-likeness (QED) is 0.753. The normalized spacial score (nSPS) is 20.9. The van der Waals surface area contributed by atoms with Gasteiger partial charge in [-0.3, -0.25) is 0 Å². The highest BCUT2D eigenvalue weighted by Gasteiger charge is 2.16. The van der Waals surface area contributed by atoms with Gasteiger partial charge in [-0.15, -0.1) is 0 Å². The molecule has 0 aromatic heterocycles. The number of benzene rings is 1. The molecule has 0 atom stereocenters. The van der Waals surface area contributed by atoms with E-state index in [2.05, 4.69) is 24.3 Å². The van der Waals surface area contributed by atoms with Crippen LogP contribution in [0.3, 0.4) is 0 Å². The number of hydrogen-bond donors (Lipinski definition) is 2. The minimum atomic E-state index is 0.373. The molecule has 0 spiro atoms. The van der Waals surface area contributed by atoms with E-state index in [0.29, 0.717) is 12.1 Å². The van der Waals surface area contributed by atoms with Gasteiger partial charge in [0.25, 0.3) is 0 Å². The smallest absolute Gasteiger partial charge is 0.0120 e. The number of hydrogen-bond acceptors (Lipinski definition) is 2. The van der Waals surface area contributed by atoms with Crippen LogP contribution in [0.2, 0.25) is 0 Å². The topological polar surface area (TPSA) is 52.0 Å². The van der Waals surface area contributed by atoms with Gasteiger partial charge < -0.3 is 11.5 Å². The van der Waals surface area contributed by atoms with Crippen molar-refractivity contribution in [3.63, 3.8) is 0 Å². The molecule has 0 heterocycles. The highest BCUT2D eigenvalue weighted by atomic mass is 14.6. The summed E-state index contributed by atoms with van der Waals surface area (Å²) in [5.74, 6) is 0. The minimum Gasteiger partial charge on any atom is -0.328 e. The second-order valence-electron chi connectivity index (χ2n) is 6.04. The standard InChI is InChI=1S/C9H11N.C8H17N/c10-9-5-7-3-1-2-4-8(7)6-9;9-8-6-4-2-1-3-5-7-8/h1-4,9H,5-6,10H2;8H,1-7,9H2. The van der Waals surface area contributed by atoms with Gasteiger partial charge in [0.2, 0.25) is 0 Å². The molecule has 2 nitrogen and oxygen atoms in total. The van der Waals surface area contributed by atoms with Gasteiger partial charge in [0.1, 0.15) is 0 Å². The highest BCUT2D eigenvalue weighted by molar-refractivity contribution is 5.32. The van der Waals surface area contributed by atoms with Gasteiger partial charge in [0.05, 0.1) is 0 Å². The van der Waals surface area contributed by atoms with Crippen molar-refractivity contribution in [1.29, 1.82) is 0 Å². The summed E-state index contributed by atoms with van der Waals surface area (Å²) < 4.78 is 0. The second-order valence-corrected chi connectivity index (χ2v) is 6.04. The number of fused-ring (bicyclic) bond motifs is 1. The molecule has 0 aliphatic heterocycles. The van der Waals surface area contributed by atoms with Crippen molar-refractivity contribution >= 4 is 0 Å². The van der Waals surface area contributed by atoms with Crippen LogP contribution in [0, 0.1) is 0 Å². The maximum Gasteiger partial charge on any atom is 0.0120 e. The Kier molecular flexibility index (Phi) is 5.87. The molecular formula is C17H28N2. The van der Waals surface area contributed by atoms with E-state index in [0.717, 1.165) is 12.8 Å². The molecule has 0 radical (unpaired) electrons. The molecule has 1 saturated carbocycles. The summed E-state index contributed by atoms with van der Waals surface area (Å²) in [7, 11) is 0. The van der Waals surface area contributed by atoms with Crippen LogP contribution in [0.15, 0.2) is 24.3 Å². The maximum atomic E-state index is 5.80. The zero-order chi connectivity index (χ0) is 13.5. The first-order valence-corrected chi connectivity index (χ1v) is 7.83. The lowest BCUT2D eigenvalue weighted by atomic mass is 9.98. The second kappa shape index (κ2) is 7.66. The third kappa shape index (κ3) is 4.96. The Morgan fingerprint density at radius 2 is 1.16 bits per heavy atom. The van der Waals surface area contributed by atoms with Crippen LogP contribution in [0.5, 0.6) is 0 Å². The monoisotopic (exact) mass is 260 g/mol. The SMILES string of the molecule is NC1CCCCCCC1.NC1Cc2ccccc2C1. The van der Waals surface area contributed by atoms with Crippen molar-refractivity contribution in [3.05, 3.63) is 35.4 Å². The predicted molar refractivity (Wildman–Crippen MR) is 82.1 cm³/mol. The molecule has 0 saturated heterocycles. The van der Waals surface area contributed by atoms with Crippen LogP contribution in [0.4, 0.5) is 0 Å². The summed E-state index contributed by atoms with van der Waals surface area (Å²) in [6.45, 7) is 0. The third-order valence-electron chi connectivity index (χ3n) is 4.23. The lowest BCUT2D eigenvalue weighted by molar-refractivity contribution is 0.453. The Balaban J connectivity index is 0.000000141. The minimum absolute atomic E-state index is 0.373. The van der Waals surface area contributed by atoms with Gasteiger partial charge in [-0.1, -0.05) is 56.4 Å². The molecule has 2 aliphatic rings. The third-order valence-corrected chi connectivity index (χ3v) is 4.23. The first-order valence-electron chi connectivity index (χ1n) is 7.83. The largest absolute Gasteiger partial charge is 0.328 e. The summed E-state index contributed by atoms with van der Waals surface area (Å²) in [6.07, 6.45) is 11.6. The molecule has 1 aromatic carbocycles. The summed E-state index contributed by atoms with van der Waals surface area (Å²) in [5, 5.41) is 0. The molecule has 2 aliphatic carbocycles. The molecule has 4 N–H and O–H groups in total. The summed E-state index contributed by atoms with van der Waals surface area (Å²) in [4.78, 5) is 0. The van der Waals surface area contributed by atoms with E-state index in [4.69, 9.17) is 11.5 Å². The van der Waals surface area contributed by atoms with Crippen LogP contribution in [0.25, 0.3) is 0 Å². The Labute approximate surface area is 117 Å². The van der Waals surface area contributed by atoms with Gasteiger partial charge in [-0.2, -0.15) is 0 Å². The zero-order valence-electron chi connectivity index (χ0n) is 12.0. The zero-order valence-corrected chi connectivity index (χ0v) is 12.0. The van der Waals surface area contributed by atoms with E-state index < -0.39 is 0 Å². The van der Waals surface area contributed by atoms with Crippen molar-refractivity contribution in [2.75, 3.05) is 0 Å². The van der Waals surface area contributed by atoms with Crippen LogP contribution >= 0.6 is 0 Å². The number of rotatable bonds is 0. The van der Waals surface area contributed by atoms with E-state index in [-0.39, 0.29) is 0 Å². The molecule has 106 valence electrons. The predicted octanol–water partition coefficient (Wildman–Crippen LogP) is 3.17.